The van der Waals surface area contributed by atoms with Crippen molar-refractivity contribution in [3.8, 4) is 0 Å². The first kappa shape index (κ1) is 14.9. The number of rotatable bonds is 2. The smallest absolute Gasteiger partial charge is 0.169 e. The Hall–Kier alpha value is -1.64. The molecular formula is C20H20ClNO. The van der Waals surface area contributed by atoms with Crippen LogP contribution in [0.3, 0.4) is 0 Å². The summed E-state index contributed by atoms with van der Waals surface area (Å²) in [5, 5.41) is 0.749. The summed E-state index contributed by atoms with van der Waals surface area (Å²) in [4.78, 5) is 15.4. The van der Waals surface area contributed by atoms with E-state index in [0.717, 1.165) is 55.0 Å². The third-order valence-electron chi connectivity index (χ3n) is 5.42. The zero-order valence-electron chi connectivity index (χ0n) is 13.1. The van der Waals surface area contributed by atoms with Crippen LogP contribution in [-0.4, -0.2) is 23.8 Å². The summed E-state index contributed by atoms with van der Waals surface area (Å²) in [5.74, 6) is 0.314. The van der Waals surface area contributed by atoms with Crippen molar-refractivity contribution >= 4 is 17.4 Å². The Kier molecular flexibility index (Phi) is 3.74. The number of carbonyl (C=O) groups excluding carboxylic acids is 1. The van der Waals surface area contributed by atoms with Crippen molar-refractivity contribution in [3.05, 3.63) is 70.2 Å². The summed E-state index contributed by atoms with van der Waals surface area (Å²) in [7, 11) is 0. The Morgan fingerprint density at radius 1 is 1.00 bits per heavy atom. The maximum Gasteiger partial charge on any atom is 0.169 e. The molecule has 0 atom stereocenters. The van der Waals surface area contributed by atoms with Crippen molar-refractivity contribution in [1.29, 1.82) is 0 Å². The van der Waals surface area contributed by atoms with Gasteiger partial charge in [0.2, 0.25) is 0 Å². The molecule has 3 heteroatoms. The predicted molar refractivity (Wildman–Crippen MR) is 92.9 cm³/mol. The van der Waals surface area contributed by atoms with Crippen molar-refractivity contribution in [3.63, 3.8) is 0 Å². The van der Waals surface area contributed by atoms with E-state index in [4.69, 9.17) is 11.6 Å². The molecule has 1 fully saturated rings. The van der Waals surface area contributed by atoms with Crippen LogP contribution < -0.4 is 0 Å². The molecule has 118 valence electrons. The molecule has 0 bridgehead atoms. The molecule has 2 aromatic rings. The minimum Gasteiger partial charge on any atom is -0.299 e. The van der Waals surface area contributed by atoms with E-state index >= 15 is 0 Å². The largest absolute Gasteiger partial charge is 0.299 e. The van der Waals surface area contributed by atoms with E-state index in [-0.39, 0.29) is 5.41 Å². The molecule has 23 heavy (non-hydrogen) atoms. The highest BCUT2D eigenvalue weighted by Crippen LogP contribution is 2.46. The molecule has 0 aromatic heterocycles. The monoisotopic (exact) mass is 325 g/mol. The number of carbonyl (C=O) groups is 1. The van der Waals surface area contributed by atoms with E-state index in [9.17, 15) is 4.79 Å². The number of nitrogens with zero attached hydrogens (tertiary/aromatic N) is 1. The standard InChI is InChI=1S/C20H20ClNO/c21-18-8-4-7-16-17(18)13-20(19(16)23)9-11-22(12-10-20)14-15-5-2-1-3-6-15/h1-8H,9-14H2. The molecule has 0 amide bonds. The van der Waals surface area contributed by atoms with Gasteiger partial charge in [0.1, 0.15) is 0 Å². The predicted octanol–water partition coefficient (Wildman–Crippen LogP) is 4.36. The van der Waals surface area contributed by atoms with Gasteiger partial charge in [-0.1, -0.05) is 54.1 Å². The molecule has 1 spiro atoms. The van der Waals surface area contributed by atoms with Gasteiger partial charge < -0.3 is 0 Å². The number of likely N-dealkylation sites (tertiary alicyclic amines) is 1. The number of hydrogen-bond acceptors (Lipinski definition) is 2. The number of benzene rings is 2. The molecule has 2 nitrogen and oxygen atoms in total. The summed E-state index contributed by atoms with van der Waals surface area (Å²) in [5.41, 5.74) is 3.05. The van der Waals surface area contributed by atoms with Gasteiger partial charge in [-0.15, -0.1) is 0 Å². The van der Waals surface area contributed by atoms with Gasteiger partial charge in [-0.2, -0.15) is 0 Å². The second-order valence-corrected chi connectivity index (χ2v) is 7.22. The van der Waals surface area contributed by atoms with Crippen LogP contribution in [0.1, 0.15) is 34.3 Å². The SMILES string of the molecule is O=C1c2cccc(Cl)c2CC12CCN(Cc1ccccc1)CC2. The van der Waals surface area contributed by atoms with E-state index < -0.39 is 0 Å². The minimum atomic E-state index is -0.208. The number of halogens is 1. The van der Waals surface area contributed by atoms with E-state index in [0.29, 0.717) is 5.78 Å². The van der Waals surface area contributed by atoms with E-state index in [1.807, 2.05) is 24.3 Å². The van der Waals surface area contributed by atoms with Gasteiger partial charge in [0.25, 0.3) is 0 Å². The average Bonchev–Trinajstić information content (AvgIpc) is 2.85. The molecule has 4 rings (SSSR count). The molecule has 0 saturated carbocycles. The molecule has 2 aliphatic rings. The van der Waals surface area contributed by atoms with Gasteiger partial charge >= 0.3 is 0 Å². The maximum absolute atomic E-state index is 12.9. The van der Waals surface area contributed by atoms with Gasteiger partial charge in [-0.3, -0.25) is 9.69 Å². The first-order valence-corrected chi connectivity index (χ1v) is 8.64. The fourth-order valence-corrected chi connectivity index (χ4v) is 4.28. The lowest BCUT2D eigenvalue weighted by molar-refractivity contribution is 0.0623. The summed E-state index contributed by atoms with van der Waals surface area (Å²) in [6.07, 6.45) is 2.69. The number of ketones is 1. The van der Waals surface area contributed by atoms with Crippen LogP contribution in [0, 0.1) is 5.41 Å². The molecule has 1 aliphatic carbocycles. The molecule has 1 heterocycles. The van der Waals surface area contributed by atoms with Crippen LogP contribution in [0.25, 0.3) is 0 Å². The first-order valence-electron chi connectivity index (χ1n) is 8.26. The normalized spacial score (nSPS) is 20.0. The topological polar surface area (TPSA) is 20.3 Å². The minimum absolute atomic E-state index is 0.208. The van der Waals surface area contributed by atoms with Crippen LogP contribution in [0.4, 0.5) is 0 Å². The molecule has 0 radical (unpaired) electrons. The van der Waals surface area contributed by atoms with E-state index in [1.165, 1.54) is 5.56 Å². The Balaban J connectivity index is 1.48. The van der Waals surface area contributed by atoms with Crippen LogP contribution in [-0.2, 0) is 13.0 Å². The molecule has 1 aliphatic heterocycles. The quantitative estimate of drug-likeness (QED) is 0.817. The molecular weight excluding hydrogens is 306 g/mol. The summed E-state index contributed by atoms with van der Waals surface area (Å²) in [6.45, 7) is 2.93. The summed E-state index contributed by atoms with van der Waals surface area (Å²) >= 11 is 6.31. The van der Waals surface area contributed by atoms with Crippen molar-refractivity contribution in [1.82, 2.24) is 4.90 Å². The first-order chi connectivity index (χ1) is 11.2. The van der Waals surface area contributed by atoms with Crippen molar-refractivity contribution in [2.45, 2.75) is 25.8 Å². The van der Waals surface area contributed by atoms with Gasteiger partial charge in [-0.05, 0) is 49.5 Å². The average molecular weight is 326 g/mol. The zero-order chi connectivity index (χ0) is 15.9. The van der Waals surface area contributed by atoms with Gasteiger partial charge in [0, 0.05) is 22.5 Å². The highest BCUT2D eigenvalue weighted by atomic mass is 35.5. The number of fused-ring (bicyclic) bond motifs is 1. The molecule has 2 aromatic carbocycles. The Morgan fingerprint density at radius 3 is 2.43 bits per heavy atom. The number of piperidine rings is 1. The van der Waals surface area contributed by atoms with Crippen molar-refractivity contribution in [2.24, 2.45) is 5.41 Å². The number of Topliss-reactive ketones (excluding diaryl/α,β-unsaturated/α-hetero) is 1. The third kappa shape index (κ3) is 2.60. The van der Waals surface area contributed by atoms with E-state index in [2.05, 4.69) is 29.2 Å². The highest BCUT2D eigenvalue weighted by molar-refractivity contribution is 6.32. The summed E-state index contributed by atoms with van der Waals surface area (Å²) < 4.78 is 0. The van der Waals surface area contributed by atoms with Crippen molar-refractivity contribution < 1.29 is 4.79 Å². The molecule has 0 N–H and O–H groups in total. The second kappa shape index (κ2) is 5.77. The maximum atomic E-state index is 12.9. The van der Waals surface area contributed by atoms with Crippen LogP contribution >= 0.6 is 11.6 Å². The van der Waals surface area contributed by atoms with Crippen LogP contribution in [0.15, 0.2) is 48.5 Å². The fraction of sp³-hybridized carbons (Fsp3) is 0.350. The van der Waals surface area contributed by atoms with Crippen molar-refractivity contribution in [2.75, 3.05) is 13.1 Å². The third-order valence-corrected chi connectivity index (χ3v) is 5.78. The van der Waals surface area contributed by atoms with Gasteiger partial charge in [0.15, 0.2) is 5.78 Å². The Labute approximate surface area is 142 Å². The van der Waals surface area contributed by atoms with Gasteiger partial charge in [-0.25, -0.2) is 0 Å². The summed E-state index contributed by atoms with van der Waals surface area (Å²) in [6, 6.07) is 16.3. The Bertz CT molecular complexity index is 733. The highest BCUT2D eigenvalue weighted by Gasteiger charge is 2.47. The van der Waals surface area contributed by atoms with Crippen LogP contribution in [0.5, 0.6) is 0 Å². The fourth-order valence-electron chi connectivity index (χ4n) is 4.04. The lowest BCUT2D eigenvalue weighted by Crippen LogP contribution is -2.42. The zero-order valence-corrected chi connectivity index (χ0v) is 13.9. The Morgan fingerprint density at radius 2 is 1.74 bits per heavy atom. The number of hydrogen-bond donors (Lipinski definition) is 0. The molecule has 0 unspecified atom stereocenters. The second-order valence-electron chi connectivity index (χ2n) is 6.81. The van der Waals surface area contributed by atoms with Crippen LogP contribution in [0.2, 0.25) is 5.02 Å². The lowest BCUT2D eigenvalue weighted by atomic mass is 9.75. The molecule has 1 saturated heterocycles. The lowest BCUT2D eigenvalue weighted by Gasteiger charge is -2.38. The van der Waals surface area contributed by atoms with E-state index in [1.54, 1.807) is 0 Å². The van der Waals surface area contributed by atoms with Gasteiger partial charge in [0.05, 0.1) is 0 Å².